The van der Waals surface area contributed by atoms with E-state index in [2.05, 4.69) is 16.0 Å². The fraction of sp³-hybridized carbons (Fsp3) is 0.385. The highest BCUT2D eigenvalue weighted by Gasteiger charge is 2.06. The summed E-state index contributed by atoms with van der Waals surface area (Å²) in [6.07, 6.45) is 2.03. The second-order valence-corrected chi connectivity index (χ2v) is 4.38. The van der Waals surface area contributed by atoms with Crippen LogP contribution in [0.15, 0.2) is 24.4 Å². The standard InChI is InChI=1S/C13H18N4/c1-16(2)9-11(10-17(3)4)13-7-5-6-12(8-14)15-13/h5-7,9H,10H2,1-4H3. The Morgan fingerprint density at radius 2 is 2.06 bits per heavy atom. The summed E-state index contributed by atoms with van der Waals surface area (Å²) in [5, 5.41) is 8.85. The highest BCUT2D eigenvalue weighted by Crippen LogP contribution is 2.13. The lowest BCUT2D eigenvalue weighted by molar-refractivity contribution is 0.458. The first-order chi connectivity index (χ1) is 8.02. The van der Waals surface area contributed by atoms with Crippen LogP contribution in [0.1, 0.15) is 11.4 Å². The predicted octanol–water partition coefficient (Wildman–Crippen LogP) is 1.42. The number of hydrogen-bond acceptors (Lipinski definition) is 4. The van der Waals surface area contributed by atoms with Crippen molar-refractivity contribution in [1.29, 1.82) is 5.26 Å². The van der Waals surface area contributed by atoms with Gasteiger partial charge in [0, 0.05) is 32.4 Å². The van der Waals surface area contributed by atoms with Gasteiger partial charge in [0.2, 0.25) is 0 Å². The summed E-state index contributed by atoms with van der Waals surface area (Å²) in [6.45, 7) is 0.792. The van der Waals surface area contributed by atoms with Crippen molar-refractivity contribution >= 4 is 5.57 Å². The monoisotopic (exact) mass is 230 g/mol. The molecule has 0 bridgehead atoms. The topological polar surface area (TPSA) is 43.2 Å². The lowest BCUT2D eigenvalue weighted by Crippen LogP contribution is -2.17. The number of hydrogen-bond donors (Lipinski definition) is 0. The second-order valence-electron chi connectivity index (χ2n) is 4.38. The molecule has 0 aliphatic heterocycles. The van der Waals surface area contributed by atoms with Crippen LogP contribution < -0.4 is 0 Å². The van der Waals surface area contributed by atoms with E-state index in [0.717, 1.165) is 17.8 Å². The molecule has 90 valence electrons. The average Bonchev–Trinajstić information content (AvgIpc) is 2.27. The molecule has 0 N–H and O–H groups in total. The summed E-state index contributed by atoms with van der Waals surface area (Å²) < 4.78 is 0. The average molecular weight is 230 g/mol. The zero-order valence-corrected chi connectivity index (χ0v) is 10.8. The molecule has 0 fully saturated rings. The maximum absolute atomic E-state index is 8.85. The molecule has 4 heteroatoms. The molecule has 0 spiro atoms. The van der Waals surface area contributed by atoms with Crippen molar-refractivity contribution in [2.24, 2.45) is 0 Å². The van der Waals surface area contributed by atoms with Crippen LogP contribution in [0.4, 0.5) is 0 Å². The first-order valence-corrected chi connectivity index (χ1v) is 5.42. The van der Waals surface area contributed by atoms with E-state index < -0.39 is 0 Å². The molecule has 1 heterocycles. The SMILES string of the molecule is CN(C)C=C(CN(C)C)c1cccc(C#N)n1. The van der Waals surface area contributed by atoms with Gasteiger partial charge in [0.05, 0.1) is 5.69 Å². The normalized spacial score (nSPS) is 11.4. The Balaban J connectivity index is 3.09. The van der Waals surface area contributed by atoms with E-state index in [0.29, 0.717) is 5.69 Å². The van der Waals surface area contributed by atoms with Crippen molar-refractivity contribution in [3.8, 4) is 6.07 Å². The second kappa shape index (κ2) is 6.02. The van der Waals surface area contributed by atoms with Crippen LogP contribution in [0, 0.1) is 11.3 Å². The maximum atomic E-state index is 8.85. The van der Waals surface area contributed by atoms with Crippen LogP contribution in [0.25, 0.3) is 5.57 Å². The summed E-state index contributed by atoms with van der Waals surface area (Å²) >= 11 is 0. The summed E-state index contributed by atoms with van der Waals surface area (Å²) in [5.41, 5.74) is 2.40. The minimum atomic E-state index is 0.450. The quantitative estimate of drug-likeness (QED) is 0.784. The van der Waals surface area contributed by atoms with E-state index in [-0.39, 0.29) is 0 Å². The third-order valence-corrected chi connectivity index (χ3v) is 2.09. The molecule has 17 heavy (non-hydrogen) atoms. The summed E-state index contributed by atoms with van der Waals surface area (Å²) in [5.74, 6) is 0. The van der Waals surface area contributed by atoms with Gasteiger partial charge in [-0.05, 0) is 26.2 Å². The Morgan fingerprint density at radius 3 is 2.59 bits per heavy atom. The van der Waals surface area contributed by atoms with Crippen molar-refractivity contribution < 1.29 is 0 Å². The van der Waals surface area contributed by atoms with Gasteiger partial charge in [0.25, 0.3) is 0 Å². The smallest absolute Gasteiger partial charge is 0.141 e. The van der Waals surface area contributed by atoms with E-state index >= 15 is 0 Å². The third kappa shape index (κ3) is 4.25. The molecule has 0 saturated heterocycles. The fourth-order valence-corrected chi connectivity index (χ4v) is 1.52. The highest BCUT2D eigenvalue weighted by atomic mass is 15.1. The molecule has 0 aliphatic carbocycles. The van der Waals surface area contributed by atoms with Crippen molar-refractivity contribution in [3.63, 3.8) is 0 Å². The van der Waals surface area contributed by atoms with Gasteiger partial charge in [0.15, 0.2) is 0 Å². The van der Waals surface area contributed by atoms with Gasteiger partial charge < -0.3 is 9.80 Å². The van der Waals surface area contributed by atoms with Gasteiger partial charge in [-0.2, -0.15) is 5.26 Å². The minimum absolute atomic E-state index is 0.450. The van der Waals surface area contributed by atoms with Gasteiger partial charge in [-0.3, -0.25) is 0 Å². The predicted molar refractivity (Wildman–Crippen MR) is 69.2 cm³/mol. The lowest BCUT2D eigenvalue weighted by Gasteiger charge is -2.16. The Hall–Kier alpha value is -1.86. The van der Waals surface area contributed by atoms with Crippen molar-refractivity contribution in [2.75, 3.05) is 34.7 Å². The first kappa shape index (κ1) is 13.2. The van der Waals surface area contributed by atoms with Gasteiger partial charge in [-0.25, -0.2) is 4.98 Å². The van der Waals surface area contributed by atoms with E-state index in [4.69, 9.17) is 5.26 Å². The zero-order valence-electron chi connectivity index (χ0n) is 10.8. The molecule has 0 saturated carbocycles. The maximum Gasteiger partial charge on any atom is 0.141 e. The molecule has 1 aromatic heterocycles. The molecule has 0 unspecified atom stereocenters. The highest BCUT2D eigenvalue weighted by molar-refractivity contribution is 5.64. The summed E-state index contributed by atoms with van der Waals surface area (Å²) in [4.78, 5) is 8.38. The molecule has 0 aliphatic rings. The van der Waals surface area contributed by atoms with E-state index in [9.17, 15) is 0 Å². The molecule has 0 atom stereocenters. The largest absolute Gasteiger partial charge is 0.383 e. The van der Waals surface area contributed by atoms with E-state index in [1.165, 1.54) is 0 Å². The van der Waals surface area contributed by atoms with Crippen LogP contribution in [0.5, 0.6) is 0 Å². The Bertz CT molecular complexity index is 441. The molecule has 1 rings (SSSR count). The van der Waals surface area contributed by atoms with Gasteiger partial charge in [-0.15, -0.1) is 0 Å². The molecule has 0 aromatic carbocycles. The van der Waals surface area contributed by atoms with Gasteiger partial charge >= 0.3 is 0 Å². The van der Waals surface area contributed by atoms with Crippen molar-refractivity contribution in [2.45, 2.75) is 0 Å². The molecular weight excluding hydrogens is 212 g/mol. The number of rotatable bonds is 4. The Kier molecular flexibility index (Phi) is 4.68. The molecule has 0 radical (unpaired) electrons. The van der Waals surface area contributed by atoms with Crippen LogP contribution in [0.3, 0.4) is 0 Å². The number of aromatic nitrogens is 1. The summed E-state index contributed by atoms with van der Waals surface area (Å²) in [6, 6.07) is 7.57. The Labute approximate surface area is 103 Å². The summed E-state index contributed by atoms with van der Waals surface area (Å²) in [7, 11) is 7.98. The Morgan fingerprint density at radius 1 is 1.35 bits per heavy atom. The van der Waals surface area contributed by atoms with E-state index in [1.54, 1.807) is 6.07 Å². The molecular formula is C13H18N4. The lowest BCUT2D eigenvalue weighted by atomic mass is 10.1. The molecule has 0 amide bonds. The molecule has 4 nitrogen and oxygen atoms in total. The van der Waals surface area contributed by atoms with Gasteiger partial charge in [0.1, 0.15) is 11.8 Å². The van der Waals surface area contributed by atoms with Crippen molar-refractivity contribution in [3.05, 3.63) is 35.8 Å². The number of nitrogens with zero attached hydrogens (tertiary/aromatic N) is 4. The van der Waals surface area contributed by atoms with E-state index in [1.807, 2.05) is 51.4 Å². The third-order valence-electron chi connectivity index (χ3n) is 2.09. The molecule has 1 aromatic rings. The zero-order chi connectivity index (χ0) is 12.8. The first-order valence-electron chi connectivity index (χ1n) is 5.42. The number of likely N-dealkylation sites (N-methyl/N-ethyl adjacent to an activating group) is 1. The number of pyridine rings is 1. The van der Waals surface area contributed by atoms with Gasteiger partial charge in [-0.1, -0.05) is 6.07 Å². The number of nitriles is 1. The van der Waals surface area contributed by atoms with Crippen LogP contribution >= 0.6 is 0 Å². The van der Waals surface area contributed by atoms with Crippen LogP contribution in [0.2, 0.25) is 0 Å². The minimum Gasteiger partial charge on any atom is -0.383 e. The van der Waals surface area contributed by atoms with Crippen LogP contribution in [-0.4, -0.2) is 49.5 Å². The fourth-order valence-electron chi connectivity index (χ4n) is 1.52. The van der Waals surface area contributed by atoms with Crippen LogP contribution in [-0.2, 0) is 0 Å². The van der Waals surface area contributed by atoms with Crippen molar-refractivity contribution in [1.82, 2.24) is 14.8 Å².